The predicted octanol–water partition coefficient (Wildman–Crippen LogP) is 1.80. The van der Waals surface area contributed by atoms with E-state index in [0.29, 0.717) is 25.1 Å². The average Bonchev–Trinajstić information content (AvgIpc) is 2.92. The Kier molecular flexibility index (Phi) is 4.24. The normalized spacial score (nSPS) is 21.6. The molecule has 0 bridgehead atoms. The van der Waals surface area contributed by atoms with E-state index in [-0.39, 0.29) is 0 Å². The molecule has 6 heteroatoms. The molecule has 2 rings (SSSR count). The summed E-state index contributed by atoms with van der Waals surface area (Å²) in [7, 11) is 2.65. The number of benzene rings is 1. The number of hydrogen-bond donors (Lipinski definition) is 0. The van der Waals surface area contributed by atoms with Gasteiger partial charge in [-0.3, -0.25) is 4.90 Å². The SMILES string of the molecule is COC(=O)[C@]1(OC)CCCN1C(=O)Oc1ccccc1. The van der Waals surface area contributed by atoms with Crippen LogP contribution in [0.1, 0.15) is 12.8 Å². The maximum absolute atomic E-state index is 12.2. The minimum Gasteiger partial charge on any atom is -0.465 e. The van der Waals surface area contributed by atoms with Crippen molar-refractivity contribution in [3.8, 4) is 5.75 Å². The van der Waals surface area contributed by atoms with Crippen molar-refractivity contribution in [3.05, 3.63) is 30.3 Å². The van der Waals surface area contributed by atoms with Crippen molar-refractivity contribution < 1.29 is 23.8 Å². The molecule has 20 heavy (non-hydrogen) atoms. The largest absolute Gasteiger partial charge is 0.465 e. The molecule has 0 spiro atoms. The fourth-order valence-corrected chi connectivity index (χ4v) is 2.34. The molecule has 0 unspecified atom stereocenters. The topological polar surface area (TPSA) is 65.1 Å². The molecule has 1 amide bonds. The number of carbonyl (C=O) groups excluding carboxylic acids is 2. The van der Waals surface area contributed by atoms with Crippen molar-refractivity contribution in [1.82, 2.24) is 4.90 Å². The summed E-state index contributed by atoms with van der Waals surface area (Å²) in [4.78, 5) is 25.4. The first-order valence-corrected chi connectivity index (χ1v) is 6.32. The lowest BCUT2D eigenvalue weighted by molar-refractivity contribution is -0.182. The zero-order valence-electron chi connectivity index (χ0n) is 11.5. The predicted molar refractivity (Wildman–Crippen MR) is 70.2 cm³/mol. The van der Waals surface area contributed by atoms with Crippen LogP contribution in [0.15, 0.2) is 30.3 Å². The molecule has 0 radical (unpaired) electrons. The molecule has 108 valence electrons. The number of hydrogen-bond acceptors (Lipinski definition) is 5. The molecule has 1 saturated heterocycles. The summed E-state index contributed by atoms with van der Waals surface area (Å²) in [5, 5.41) is 0. The second kappa shape index (κ2) is 5.92. The van der Waals surface area contributed by atoms with Gasteiger partial charge in [0, 0.05) is 20.1 Å². The molecule has 0 N–H and O–H groups in total. The number of ether oxygens (including phenoxy) is 3. The van der Waals surface area contributed by atoms with Gasteiger partial charge in [0.1, 0.15) is 5.75 Å². The van der Waals surface area contributed by atoms with Gasteiger partial charge in [0.05, 0.1) is 7.11 Å². The zero-order valence-corrected chi connectivity index (χ0v) is 11.5. The molecule has 0 aromatic heterocycles. The Bertz CT molecular complexity index is 490. The molecule has 1 atom stereocenters. The minimum atomic E-state index is -1.39. The van der Waals surface area contributed by atoms with Crippen LogP contribution in [-0.2, 0) is 14.3 Å². The van der Waals surface area contributed by atoms with Crippen LogP contribution in [0, 0.1) is 0 Å². The van der Waals surface area contributed by atoms with Crippen LogP contribution in [0.3, 0.4) is 0 Å². The summed E-state index contributed by atoms with van der Waals surface area (Å²) in [5.41, 5.74) is -1.39. The third-order valence-electron chi connectivity index (χ3n) is 3.34. The summed E-state index contributed by atoms with van der Waals surface area (Å²) < 4.78 is 15.3. The number of likely N-dealkylation sites (tertiary alicyclic amines) is 1. The summed E-state index contributed by atoms with van der Waals surface area (Å²) >= 11 is 0. The lowest BCUT2D eigenvalue weighted by Gasteiger charge is -2.33. The summed E-state index contributed by atoms with van der Waals surface area (Å²) in [6.45, 7) is 0.384. The van der Waals surface area contributed by atoms with E-state index in [2.05, 4.69) is 0 Å². The average molecular weight is 279 g/mol. The highest BCUT2D eigenvalue weighted by molar-refractivity contribution is 5.85. The van der Waals surface area contributed by atoms with Crippen molar-refractivity contribution in [2.75, 3.05) is 20.8 Å². The highest BCUT2D eigenvalue weighted by atomic mass is 16.6. The van der Waals surface area contributed by atoms with Crippen molar-refractivity contribution in [3.63, 3.8) is 0 Å². The van der Waals surface area contributed by atoms with Crippen molar-refractivity contribution in [2.24, 2.45) is 0 Å². The van der Waals surface area contributed by atoms with Crippen LogP contribution in [-0.4, -0.2) is 43.5 Å². The smallest absolute Gasteiger partial charge is 0.417 e. The van der Waals surface area contributed by atoms with Gasteiger partial charge >= 0.3 is 12.1 Å². The Labute approximate surface area is 117 Å². The summed E-state index contributed by atoms with van der Waals surface area (Å²) in [6.07, 6.45) is 0.410. The van der Waals surface area contributed by atoms with Crippen LogP contribution >= 0.6 is 0 Å². The molecule has 1 aliphatic rings. The maximum atomic E-state index is 12.2. The third-order valence-corrected chi connectivity index (χ3v) is 3.34. The summed E-state index contributed by atoms with van der Waals surface area (Å²) in [5.74, 6) is -0.179. The first-order chi connectivity index (χ1) is 9.64. The lowest BCUT2D eigenvalue weighted by Crippen LogP contribution is -2.55. The van der Waals surface area contributed by atoms with Crippen LogP contribution in [0.4, 0.5) is 4.79 Å². The zero-order chi connectivity index (χ0) is 14.6. The Morgan fingerprint density at radius 1 is 1.20 bits per heavy atom. The monoisotopic (exact) mass is 279 g/mol. The molecule has 0 aliphatic carbocycles. The van der Waals surface area contributed by atoms with E-state index in [9.17, 15) is 9.59 Å². The fraction of sp³-hybridized carbons (Fsp3) is 0.429. The molecule has 1 aliphatic heterocycles. The van der Waals surface area contributed by atoms with E-state index in [1.807, 2.05) is 6.07 Å². The molecular weight excluding hydrogens is 262 g/mol. The quantitative estimate of drug-likeness (QED) is 0.789. The Hall–Kier alpha value is -2.08. The van der Waals surface area contributed by atoms with Crippen LogP contribution in [0.5, 0.6) is 5.75 Å². The Morgan fingerprint density at radius 3 is 2.50 bits per heavy atom. The van der Waals surface area contributed by atoms with Crippen LogP contribution in [0.25, 0.3) is 0 Å². The van der Waals surface area contributed by atoms with Gasteiger partial charge in [0.2, 0.25) is 5.72 Å². The van der Waals surface area contributed by atoms with Crippen LogP contribution < -0.4 is 4.74 Å². The second-order valence-corrected chi connectivity index (χ2v) is 4.42. The number of methoxy groups -OCH3 is 2. The second-order valence-electron chi connectivity index (χ2n) is 4.42. The number of carbonyl (C=O) groups is 2. The van der Waals surface area contributed by atoms with Crippen molar-refractivity contribution in [1.29, 1.82) is 0 Å². The molecule has 1 aromatic rings. The first-order valence-electron chi connectivity index (χ1n) is 6.32. The van der Waals surface area contributed by atoms with Gasteiger partial charge < -0.3 is 14.2 Å². The molecule has 1 aromatic carbocycles. The van der Waals surface area contributed by atoms with E-state index in [4.69, 9.17) is 14.2 Å². The van der Waals surface area contributed by atoms with Crippen molar-refractivity contribution >= 4 is 12.1 Å². The number of para-hydroxylation sites is 1. The third kappa shape index (κ3) is 2.46. The highest BCUT2D eigenvalue weighted by Gasteiger charge is 2.52. The fourth-order valence-electron chi connectivity index (χ4n) is 2.34. The van der Waals surface area contributed by atoms with Gasteiger partial charge in [-0.15, -0.1) is 0 Å². The van der Waals surface area contributed by atoms with E-state index >= 15 is 0 Å². The number of esters is 1. The number of rotatable bonds is 3. The van der Waals surface area contributed by atoms with E-state index in [1.54, 1.807) is 24.3 Å². The maximum Gasteiger partial charge on any atom is 0.417 e. The molecule has 6 nitrogen and oxygen atoms in total. The molecular formula is C14H17NO5. The van der Waals surface area contributed by atoms with Gasteiger partial charge in [-0.1, -0.05) is 18.2 Å². The Balaban J connectivity index is 2.18. The number of nitrogens with zero attached hydrogens (tertiary/aromatic N) is 1. The lowest BCUT2D eigenvalue weighted by atomic mass is 10.1. The van der Waals surface area contributed by atoms with Gasteiger partial charge in [-0.05, 0) is 18.6 Å². The summed E-state index contributed by atoms with van der Waals surface area (Å²) in [6, 6.07) is 8.68. The minimum absolute atomic E-state index is 0.384. The van der Waals surface area contributed by atoms with Crippen molar-refractivity contribution in [2.45, 2.75) is 18.6 Å². The molecule has 0 saturated carbocycles. The van der Waals surface area contributed by atoms with Gasteiger partial charge in [0.15, 0.2) is 0 Å². The van der Waals surface area contributed by atoms with E-state index < -0.39 is 17.8 Å². The highest BCUT2D eigenvalue weighted by Crippen LogP contribution is 2.32. The van der Waals surface area contributed by atoms with Gasteiger partial charge in [-0.25, -0.2) is 9.59 Å². The standard InChI is InChI=1S/C14H17NO5/c1-18-12(16)14(19-2)9-6-10-15(14)13(17)20-11-7-4-3-5-8-11/h3-5,7-8H,6,9-10H2,1-2H3/t14-/m1/s1. The first kappa shape index (κ1) is 14.3. The van der Waals surface area contributed by atoms with Gasteiger partial charge in [0.25, 0.3) is 0 Å². The molecule has 1 heterocycles. The Morgan fingerprint density at radius 2 is 1.90 bits per heavy atom. The van der Waals surface area contributed by atoms with E-state index in [1.165, 1.54) is 19.1 Å². The molecule has 1 fully saturated rings. The van der Waals surface area contributed by atoms with E-state index in [0.717, 1.165) is 0 Å². The van der Waals surface area contributed by atoms with Gasteiger partial charge in [-0.2, -0.15) is 0 Å². The van der Waals surface area contributed by atoms with Crippen LogP contribution in [0.2, 0.25) is 0 Å². The number of amides is 1.